The molecule has 5 heteroatoms. The van der Waals surface area contributed by atoms with Crippen molar-refractivity contribution in [3.05, 3.63) is 74.9 Å². The summed E-state index contributed by atoms with van der Waals surface area (Å²) in [6.45, 7) is 4.29. The van der Waals surface area contributed by atoms with Gasteiger partial charge < -0.3 is 10.1 Å². The van der Waals surface area contributed by atoms with Gasteiger partial charge in [-0.15, -0.1) is 11.3 Å². The van der Waals surface area contributed by atoms with E-state index >= 15 is 0 Å². The molecule has 0 aliphatic rings. The summed E-state index contributed by atoms with van der Waals surface area (Å²) in [7, 11) is 0. The first-order valence-corrected chi connectivity index (χ1v) is 9.89. The number of aromatic nitrogens is 1. The van der Waals surface area contributed by atoms with Crippen LogP contribution in [0.2, 0.25) is 4.34 Å². The number of pyridine rings is 1. The molecule has 0 atom stereocenters. The van der Waals surface area contributed by atoms with E-state index in [4.69, 9.17) is 11.6 Å². The van der Waals surface area contributed by atoms with Gasteiger partial charge in [-0.2, -0.15) is 0 Å². The van der Waals surface area contributed by atoms with E-state index in [0.29, 0.717) is 26.0 Å². The largest absolute Gasteiger partial charge is 0.506 e. The van der Waals surface area contributed by atoms with Gasteiger partial charge in [0, 0.05) is 5.56 Å². The number of hydrogen-bond donors (Lipinski definition) is 2. The molecule has 0 fully saturated rings. The fourth-order valence-electron chi connectivity index (χ4n) is 3.28. The predicted molar refractivity (Wildman–Crippen MR) is 114 cm³/mol. The van der Waals surface area contributed by atoms with Gasteiger partial charge in [-0.1, -0.05) is 80.0 Å². The average Bonchev–Trinajstić information content (AvgIpc) is 2.98. The summed E-state index contributed by atoms with van der Waals surface area (Å²) in [6.07, 6.45) is 0. The van der Waals surface area contributed by atoms with E-state index in [2.05, 4.69) is 31.0 Å². The molecule has 2 N–H and O–H groups in total. The van der Waals surface area contributed by atoms with Crippen LogP contribution in [-0.2, 0) is 0 Å². The molecule has 0 spiro atoms. The molecular formula is C22H18ClNO2S. The highest BCUT2D eigenvalue weighted by atomic mass is 35.5. The first kappa shape index (κ1) is 17.8. The molecule has 0 bridgehead atoms. The molecule has 0 saturated heterocycles. The first-order valence-electron chi connectivity index (χ1n) is 8.70. The lowest BCUT2D eigenvalue weighted by molar-refractivity contribution is 0.483. The highest BCUT2D eigenvalue weighted by Gasteiger charge is 2.21. The van der Waals surface area contributed by atoms with Gasteiger partial charge in [-0.3, -0.25) is 4.79 Å². The van der Waals surface area contributed by atoms with Gasteiger partial charge >= 0.3 is 0 Å². The number of rotatable bonds is 3. The lowest BCUT2D eigenvalue weighted by Crippen LogP contribution is -2.08. The zero-order valence-corrected chi connectivity index (χ0v) is 16.5. The maximum atomic E-state index is 12.6. The van der Waals surface area contributed by atoms with Crippen LogP contribution >= 0.6 is 22.9 Å². The maximum absolute atomic E-state index is 12.6. The van der Waals surface area contributed by atoms with Crippen molar-refractivity contribution in [2.75, 3.05) is 0 Å². The molecule has 4 rings (SSSR count). The molecule has 2 aromatic carbocycles. The standard InChI is InChI=1S/C22H18ClNO2S/c1-12(2)13-8-10-15(11-9-13)16-18-19(25)17(14-6-4-3-5-7-14)21(26)24-22(18)27-20(16)23/h3-12H,1-2H3,(H2,24,25,26). The third kappa shape index (κ3) is 3.05. The molecule has 0 amide bonds. The van der Waals surface area contributed by atoms with Gasteiger partial charge in [0.2, 0.25) is 0 Å². The number of benzene rings is 2. The van der Waals surface area contributed by atoms with Crippen LogP contribution in [0.15, 0.2) is 59.4 Å². The molecule has 0 aliphatic heterocycles. The third-order valence-corrected chi connectivity index (χ3v) is 6.04. The zero-order valence-electron chi connectivity index (χ0n) is 14.9. The predicted octanol–water partition coefficient (Wildman–Crippen LogP) is 6.41. The molecular weight excluding hydrogens is 378 g/mol. The Labute approximate surface area is 165 Å². The zero-order chi connectivity index (χ0) is 19.1. The Balaban J connectivity index is 1.99. The summed E-state index contributed by atoms with van der Waals surface area (Å²) >= 11 is 7.78. The van der Waals surface area contributed by atoms with Gasteiger partial charge in [-0.25, -0.2) is 0 Å². The van der Waals surface area contributed by atoms with Crippen molar-refractivity contribution in [2.24, 2.45) is 0 Å². The van der Waals surface area contributed by atoms with Crippen molar-refractivity contribution < 1.29 is 5.11 Å². The Hall–Kier alpha value is -2.56. The third-order valence-electron chi connectivity index (χ3n) is 4.72. The number of aromatic hydroxyl groups is 1. The summed E-state index contributed by atoms with van der Waals surface area (Å²) in [4.78, 5) is 16.0. The number of H-pyrrole nitrogens is 1. The summed E-state index contributed by atoms with van der Waals surface area (Å²) in [5.41, 5.74) is 3.50. The minimum atomic E-state index is -0.328. The highest BCUT2D eigenvalue weighted by molar-refractivity contribution is 7.23. The molecule has 0 aliphatic carbocycles. The van der Waals surface area contributed by atoms with Crippen molar-refractivity contribution in [1.82, 2.24) is 4.98 Å². The Bertz CT molecular complexity index is 1180. The number of halogens is 1. The van der Waals surface area contributed by atoms with Gasteiger partial charge in [0.25, 0.3) is 5.56 Å². The van der Waals surface area contributed by atoms with E-state index in [1.54, 1.807) is 12.1 Å². The Morgan fingerprint density at radius 1 is 0.963 bits per heavy atom. The quantitative estimate of drug-likeness (QED) is 0.421. The molecule has 2 aromatic heterocycles. The fraction of sp³-hybridized carbons (Fsp3) is 0.136. The van der Waals surface area contributed by atoms with E-state index < -0.39 is 0 Å². The van der Waals surface area contributed by atoms with Gasteiger partial charge in [0.1, 0.15) is 14.9 Å². The normalized spacial score (nSPS) is 11.4. The van der Waals surface area contributed by atoms with Crippen molar-refractivity contribution in [2.45, 2.75) is 19.8 Å². The molecule has 0 saturated carbocycles. The average molecular weight is 396 g/mol. The first-order chi connectivity index (χ1) is 13.0. The number of aromatic amines is 1. The summed E-state index contributed by atoms with van der Waals surface area (Å²) in [5.74, 6) is 0.397. The van der Waals surface area contributed by atoms with Gasteiger partial charge in [-0.05, 0) is 22.6 Å². The Kier molecular flexibility index (Phi) is 4.54. The monoisotopic (exact) mass is 395 g/mol. The second-order valence-corrected chi connectivity index (χ2v) is 8.40. The summed E-state index contributed by atoms with van der Waals surface area (Å²) < 4.78 is 0.540. The van der Waals surface area contributed by atoms with E-state index in [0.717, 1.165) is 11.1 Å². The highest BCUT2D eigenvalue weighted by Crippen LogP contribution is 2.46. The van der Waals surface area contributed by atoms with Crippen LogP contribution in [0.25, 0.3) is 32.5 Å². The van der Waals surface area contributed by atoms with Crippen LogP contribution in [0.4, 0.5) is 0 Å². The number of thiophene rings is 1. The van der Waals surface area contributed by atoms with Crippen molar-refractivity contribution >= 4 is 33.2 Å². The van der Waals surface area contributed by atoms with E-state index in [-0.39, 0.29) is 16.9 Å². The minimum absolute atomic E-state index is 0.0361. The van der Waals surface area contributed by atoms with Crippen molar-refractivity contribution in [3.8, 4) is 28.0 Å². The Morgan fingerprint density at radius 2 is 1.59 bits per heavy atom. The second kappa shape index (κ2) is 6.87. The van der Waals surface area contributed by atoms with Crippen LogP contribution in [0.1, 0.15) is 25.3 Å². The minimum Gasteiger partial charge on any atom is -0.506 e. The molecule has 3 nitrogen and oxygen atoms in total. The van der Waals surface area contributed by atoms with E-state index in [1.165, 1.54) is 16.9 Å². The van der Waals surface area contributed by atoms with Crippen LogP contribution < -0.4 is 5.56 Å². The molecule has 136 valence electrons. The number of hydrogen-bond acceptors (Lipinski definition) is 3. The summed E-state index contributed by atoms with van der Waals surface area (Å²) in [5, 5.41) is 11.6. The van der Waals surface area contributed by atoms with Crippen LogP contribution in [0.3, 0.4) is 0 Å². The van der Waals surface area contributed by atoms with Crippen molar-refractivity contribution in [1.29, 1.82) is 0 Å². The lowest BCUT2D eigenvalue weighted by Gasteiger charge is -2.09. The maximum Gasteiger partial charge on any atom is 0.260 e. The second-order valence-electron chi connectivity index (χ2n) is 6.78. The van der Waals surface area contributed by atoms with Gasteiger partial charge in [0.05, 0.1) is 10.9 Å². The SMILES string of the molecule is CC(C)c1ccc(-c2c(Cl)sc3[nH]c(=O)c(-c4ccccc4)c(O)c23)cc1. The van der Waals surface area contributed by atoms with E-state index in [1.807, 2.05) is 30.3 Å². The fourth-order valence-corrected chi connectivity index (χ4v) is 4.66. The molecule has 0 radical (unpaired) electrons. The molecule has 0 unspecified atom stereocenters. The van der Waals surface area contributed by atoms with Crippen LogP contribution in [0, 0.1) is 0 Å². The lowest BCUT2D eigenvalue weighted by atomic mass is 9.97. The van der Waals surface area contributed by atoms with E-state index in [9.17, 15) is 9.90 Å². The molecule has 4 aromatic rings. The Morgan fingerprint density at radius 3 is 2.22 bits per heavy atom. The van der Waals surface area contributed by atoms with Crippen LogP contribution in [-0.4, -0.2) is 10.1 Å². The van der Waals surface area contributed by atoms with Crippen LogP contribution in [0.5, 0.6) is 5.75 Å². The van der Waals surface area contributed by atoms with Gasteiger partial charge in [0.15, 0.2) is 0 Å². The molecule has 2 heterocycles. The number of fused-ring (bicyclic) bond motifs is 1. The number of nitrogens with one attached hydrogen (secondary N) is 1. The summed E-state index contributed by atoms with van der Waals surface area (Å²) in [6, 6.07) is 17.3. The topological polar surface area (TPSA) is 53.1 Å². The molecule has 27 heavy (non-hydrogen) atoms. The smallest absolute Gasteiger partial charge is 0.260 e. The van der Waals surface area contributed by atoms with Crippen molar-refractivity contribution in [3.63, 3.8) is 0 Å².